The second-order valence-electron chi connectivity index (χ2n) is 8.65. The van der Waals surface area contributed by atoms with E-state index >= 15 is 0 Å². The summed E-state index contributed by atoms with van der Waals surface area (Å²) < 4.78 is 35.4. The van der Waals surface area contributed by atoms with Crippen molar-refractivity contribution >= 4 is 33.4 Å². The van der Waals surface area contributed by atoms with Crippen LogP contribution in [0.15, 0.2) is 57.8 Å². The average molecular weight is 470 g/mol. The number of sulfonamides is 1. The highest BCUT2D eigenvalue weighted by molar-refractivity contribution is 7.90. The monoisotopic (exact) mass is 469 g/mol. The molecule has 8 nitrogen and oxygen atoms in total. The number of nitrogens with one attached hydrogen (secondary N) is 1. The molecule has 0 aromatic heterocycles. The first kappa shape index (κ1) is 23.0. The molecular formula is C24H27N3O5S. The minimum absolute atomic E-state index is 0.0124. The highest BCUT2D eigenvalue weighted by Gasteiger charge is 2.42. The predicted octanol–water partition coefficient (Wildman–Crippen LogP) is 3.39. The first-order valence-corrected chi connectivity index (χ1v) is 12.4. The number of ether oxygens (including phenoxy) is 1. The fraction of sp³-hybridized carbons (Fsp3) is 0.375. The number of nitrogens with zero attached hydrogens (tertiary/aromatic N) is 2. The van der Waals surface area contributed by atoms with E-state index in [0.29, 0.717) is 17.8 Å². The lowest BCUT2D eigenvalue weighted by Crippen LogP contribution is -2.48. The van der Waals surface area contributed by atoms with Gasteiger partial charge in [-0.1, -0.05) is 30.7 Å². The van der Waals surface area contributed by atoms with E-state index in [-0.39, 0.29) is 17.0 Å². The van der Waals surface area contributed by atoms with E-state index in [1.807, 2.05) is 11.9 Å². The van der Waals surface area contributed by atoms with E-state index in [1.165, 1.54) is 12.1 Å². The van der Waals surface area contributed by atoms with Crippen LogP contribution in [0.1, 0.15) is 48.5 Å². The Kier molecular flexibility index (Phi) is 6.25. The van der Waals surface area contributed by atoms with Crippen molar-refractivity contribution in [2.24, 2.45) is 4.40 Å². The molecule has 0 radical (unpaired) electrons. The molecule has 0 saturated carbocycles. The van der Waals surface area contributed by atoms with E-state index in [1.54, 1.807) is 43.3 Å². The van der Waals surface area contributed by atoms with Crippen LogP contribution in [0.2, 0.25) is 0 Å². The lowest BCUT2D eigenvalue weighted by atomic mass is 9.89. The molecule has 1 unspecified atom stereocenters. The first-order valence-electron chi connectivity index (χ1n) is 11.0. The van der Waals surface area contributed by atoms with Crippen LogP contribution in [0.25, 0.3) is 0 Å². The van der Waals surface area contributed by atoms with Gasteiger partial charge in [-0.25, -0.2) is 4.79 Å². The number of fused-ring (bicyclic) bond motifs is 1. The molecule has 174 valence electrons. The van der Waals surface area contributed by atoms with Crippen molar-refractivity contribution in [1.29, 1.82) is 0 Å². The molecule has 2 aliphatic heterocycles. The number of benzene rings is 2. The number of carbonyl (C=O) groups excluding carboxylic acids is 2. The van der Waals surface area contributed by atoms with Gasteiger partial charge in [0, 0.05) is 32.1 Å². The van der Waals surface area contributed by atoms with E-state index < -0.39 is 27.5 Å². The topological polar surface area (TPSA) is 105 Å². The number of likely N-dealkylation sites (tertiary alicyclic amines) is 1. The van der Waals surface area contributed by atoms with Crippen molar-refractivity contribution in [1.82, 2.24) is 4.90 Å². The molecule has 0 spiro atoms. The molecule has 2 aromatic carbocycles. The molecule has 1 fully saturated rings. The molecule has 33 heavy (non-hydrogen) atoms. The SMILES string of the molecule is CN1CCCCC/C1=N/S(=O)(=O)c1cccc(NC(=O)C2(C)Cc3ccccc3C(=O)O2)c1. The van der Waals surface area contributed by atoms with Crippen molar-refractivity contribution in [3.63, 3.8) is 0 Å². The van der Waals surface area contributed by atoms with Gasteiger partial charge < -0.3 is 15.0 Å². The lowest BCUT2D eigenvalue weighted by Gasteiger charge is -2.33. The van der Waals surface area contributed by atoms with Gasteiger partial charge in [0.15, 0.2) is 5.60 Å². The summed E-state index contributed by atoms with van der Waals surface area (Å²) in [6.45, 7) is 2.31. The minimum Gasteiger partial charge on any atom is -0.445 e. The van der Waals surface area contributed by atoms with Gasteiger partial charge in [-0.15, -0.1) is 4.40 Å². The Morgan fingerprint density at radius 3 is 2.73 bits per heavy atom. The third kappa shape index (κ3) is 4.93. The van der Waals surface area contributed by atoms with Gasteiger partial charge in [-0.3, -0.25) is 4.79 Å². The zero-order valence-corrected chi connectivity index (χ0v) is 19.5. The Balaban J connectivity index is 1.55. The van der Waals surface area contributed by atoms with Crippen LogP contribution >= 0.6 is 0 Å². The van der Waals surface area contributed by atoms with Crippen LogP contribution in [0, 0.1) is 0 Å². The van der Waals surface area contributed by atoms with Gasteiger partial charge in [0.25, 0.3) is 15.9 Å². The first-order chi connectivity index (χ1) is 15.7. The maximum absolute atomic E-state index is 13.0. The number of rotatable bonds is 4. The molecule has 1 saturated heterocycles. The number of esters is 1. The lowest BCUT2D eigenvalue weighted by molar-refractivity contribution is -0.134. The minimum atomic E-state index is -3.95. The van der Waals surface area contributed by atoms with Gasteiger partial charge in [0.1, 0.15) is 5.84 Å². The van der Waals surface area contributed by atoms with Crippen molar-refractivity contribution in [3.8, 4) is 0 Å². The summed E-state index contributed by atoms with van der Waals surface area (Å²) in [4.78, 5) is 27.3. The Labute approximate surface area is 193 Å². The molecule has 9 heteroatoms. The van der Waals surface area contributed by atoms with Gasteiger partial charge in [0.2, 0.25) is 0 Å². The van der Waals surface area contributed by atoms with Crippen LogP contribution in [0.3, 0.4) is 0 Å². The molecule has 1 atom stereocenters. The molecule has 4 rings (SSSR count). The third-order valence-corrected chi connectivity index (χ3v) is 7.31. The largest absolute Gasteiger partial charge is 0.445 e. The summed E-state index contributed by atoms with van der Waals surface area (Å²) in [5.74, 6) is -0.550. The van der Waals surface area contributed by atoms with Crippen molar-refractivity contribution in [3.05, 3.63) is 59.7 Å². The number of cyclic esters (lactones) is 1. The normalized spacial score (nSPS) is 22.3. The van der Waals surface area contributed by atoms with E-state index in [0.717, 1.165) is 31.4 Å². The molecule has 1 N–H and O–H groups in total. The van der Waals surface area contributed by atoms with Crippen molar-refractivity contribution in [2.45, 2.75) is 49.5 Å². The van der Waals surface area contributed by atoms with Gasteiger partial charge in [0.05, 0.1) is 10.5 Å². The molecule has 2 aromatic rings. The van der Waals surface area contributed by atoms with E-state index in [9.17, 15) is 18.0 Å². The maximum atomic E-state index is 13.0. The summed E-state index contributed by atoms with van der Waals surface area (Å²) in [7, 11) is -2.10. The maximum Gasteiger partial charge on any atom is 0.339 e. The number of hydrogen-bond acceptors (Lipinski definition) is 5. The smallest absolute Gasteiger partial charge is 0.339 e. The number of carbonyl (C=O) groups is 2. The number of amidine groups is 1. The summed E-state index contributed by atoms with van der Waals surface area (Å²) in [6.07, 6.45) is 3.77. The number of hydrogen-bond donors (Lipinski definition) is 1. The van der Waals surface area contributed by atoms with Gasteiger partial charge in [-0.05, 0) is 49.6 Å². The van der Waals surface area contributed by atoms with Crippen LogP contribution in [0.5, 0.6) is 0 Å². The predicted molar refractivity (Wildman–Crippen MR) is 125 cm³/mol. The molecule has 0 aliphatic carbocycles. The van der Waals surface area contributed by atoms with Crippen LogP contribution < -0.4 is 5.32 Å². The molecule has 1 amide bonds. The quantitative estimate of drug-likeness (QED) is 0.688. The summed E-state index contributed by atoms with van der Waals surface area (Å²) in [5.41, 5.74) is 0.0417. The van der Waals surface area contributed by atoms with Crippen molar-refractivity contribution in [2.75, 3.05) is 18.9 Å². The molecule has 2 aliphatic rings. The van der Waals surface area contributed by atoms with Crippen LogP contribution in [-0.2, 0) is 26.0 Å². The summed E-state index contributed by atoms with van der Waals surface area (Å²) in [5, 5.41) is 2.70. The number of anilines is 1. The Morgan fingerprint density at radius 1 is 1.12 bits per heavy atom. The Morgan fingerprint density at radius 2 is 1.91 bits per heavy atom. The summed E-state index contributed by atoms with van der Waals surface area (Å²) >= 11 is 0. The summed E-state index contributed by atoms with van der Waals surface area (Å²) in [6, 6.07) is 12.9. The molecule has 2 heterocycles. The Bertz CT molecular complexity index is 1220. The zero-order valence-electron chi connectivity index (χ0n) is 18.7. The van der Waals surface area contributed by atoms with Crippen LogP contribution in [0.4, 0.5) is 5.69 Å². The highest BCUT2D eigenvalue weighted by atomic mass is 32.2. The average Bonchev–Trinajstić information content (AvgIpc) is 2.97. The molecular weight excluding hydrogens is 442 g/mol. The van der Waals surface area contributed by atoms with Crippen molar-refractivity contribution < 1.29 is 22.7 Å². The highest BCUT2D eigenvalue weighted by Crippen LogP contribution is 2.29. The fourth-order valence-corrected chi connectivity index (χ4v) is 5.23. The standard InChI is InChI=1S/C24H27N3O5S/c1-24(16-17-9-5-6-12-20(17)22(28)32-24)23(29)25-18-10-8-11-19(15-18)33(30,31)26-21-13-4-3-7-14-27(21)2/h5-6,8-12,15H,3-4,7,13-14,16H2,1-2H3,(H,25,29)/b26-21-. The molecule has 0 bridgehead atoms. The third-order valence-electron chi connectivity index (χ3n) is 6.01. The van der Waals surface area contributed by atoms with E-state index in [2.05, 4.69) is 9.71 Å². The zero-order chi connectivity index (χ0) is 23.6. The van der Waals surface area contributed by atoms with Crippen LogP contribution in [-0.4, -0.2) is 50.2 Å². The van der Waals surface area contributed by atoms with Gasteiger partial charge >= 0.3 is 5.97 Å². The van der Waals surface area contributed by atoms with E-state index in [4.69, 9.17) is 4.74 Å². The Hall–Kier alpha value is -3.20. The second-order valence-corrected chi connectivity index (χ2v) is 10.3. The number of amides is 1. The van der Waals surface area contributed by atoms with Gasteiger partial charge in [-0.2, -0.15) is 8.42 Å². The second kappa shape index (κ2) is 8.97. The fourth-order valence-electron chi connectivity index (χ4n) is 4.09.